The minimum atomic E-state index is -0.660. The number of benzene rings is 1. The molecule has 8 atom stereocenters. The molecule has 0 radical (unpaired) electrons. The van der Waals surface area contributed by atoms with Crippen molar-refractivity contribution in [2.45, 2.75) is 96.4 Å². The molecule has 4 saturated carbocycles. The maximum Gasteiger partial charge on any atom is 0.317 e. The fraction of sp³-hybridized carbons (Fsp3) is 0.758. The van der Waals surface area contributed by atoms with Crippen LogP contribution in [0.1, 0.15) is 89.2 Å². The van der Waals surface area contributed by atoms with Crippen LogP contribution in [0.15, 0.2) is 18.2 Å². The smallest absolute Gasteiger partial charge is 0.317 e. The zero-order valence-corrected chi connectivity index (χ0v) is 24.0. The Kier molecular flexibility index (Phi) is 6.03. The molecule has 5 fully saturated rings. The Balaban J connectivity index is 1.04. The summed E-state index contributed by atoms with van der Waals surface area (Å²) in [4.78, 5) is 26.8. The quantitative estimate of drug-likeness (QED) is 0.357. The molecule has 7 rings (SSSR count). The summed E-state index contributed by atoms with van der Waals surface area (Å²) in [5.74, 6) is 1.32. The van der Waals surface area contributed by atoms with E-state index in [1.807, 2.05) is 0 Å². The normalized spacial score (nSPS) is 41.4. The molecule has 0 amide bonds. The van der Waals surface area contributed by atoms with E-state index in [4.69, 9.17) is 18.9 Å². The predicted octanol–water partition coefficient (Wildman–Crippen LogP) is 5.85. The lowest BCUT2D eigenvalue weighted by Gasteiger charge is -2.50. The van der Waals surface area contributed by atoms with Crippen LogP contribution in [0.25, 0.3) is 0 Å². The zero-order chi connectivity index (χ0) is 27.2. The molecule has 0 aromatic heterocycles. The molecule has 0 N–H and O–H groups in total. The van der Waals surface area contributed by atoms with E-state index in [9.17, 15) is 9.59 Å². The van der Waals surface area contributed by atoms with Crippen molar-refractivity contribution in [1.29, 1.82) is 0 Å². The highest BCUT2D eigenvalue weighted by Crippen LogP contribution is 2.62. The molecule has 0 unspecified atom stereocenters. The Morgan fingerprint density at radius 1 is 1.00 bits per heavy atom. The fourth-order valence-electron chi connectivity index (χ4n) is 9.72. The van der Waals surface area contributed by atoms with Crippen LogP contribution >= 0.6 is 0 Å². The number of rotatable bonds is 3. The van der Waals surface area contributed by atoms with Crippen LogP contribution in [0.2, 0.25) is 0 Å². The third-order valence-corrected chi connectivity index (χ3v) is 11.8. The molecule has 1 aromatic carbocycles. The number of ether oxygens (including phenoxy) is 4. The second-order valence-corrected chi connectivity index (χ2v) is 14.7. The number of carbonyl (C=O) groups excluding carboxylic acids is 2. The molecular formula is C33H44O6. The number of esters is 1. The summed E-state index contributed by atoms with van der Waals surface area (Å²) < 4.78 is 24.4. The molecule has 6 aliphatic rings. The van der Waals surface area contributed by atoms with Gasteiger partial charge in [0.1, 0.15) is 23.6 Å². The van der Waals surface area contributed by atoms with Gasteiger partial charge in [0.2, 0.25) is 0 Å². The van der Waals surface area contributed by atoms with Gasteiger partial charge in [0.05, 0.1) is 20.3 Å². The Labute approximate surface area is 232 Å². The van der Waals surface area contributed by atoms with Gasteiger partial charge in [0, 0.05) is 30.1 Å². The van der Waals surface area contributed by atoms with Gasteiger partial charge in [-0.15, -0.1) is 0 Å². The van der Waals surface area contributed by atoms with Gasteiger partial charge in [-0.2, -0.15) is 0 Å². The molecule has 1 heterocycles. The van der Waals surface area contributed by atoms with Crippen molar-refractivity contribution < 1.29 is 28.5 Å². The zero-order valence-electron chi connectivity index (χ0n) is 24.0. The van der Waals surface area contributed by atoms with E-state index in [2.05, 4.69) is 39.0 Å². The molecular weight excluding hydrogens is 492 g/mol. The Morgan fingerprint density at radius 3 is 2.56 bits per heavy atom. The van der Waals surface area contributed by atoms with E-state index in [1.165, 1.54) is 17.5 Å². The van der Waals surface area contributed by atoms with Crippen LogP contribution in [0.3, 0.4) is 0 Å². The Morgan fingerprint density at radius 2 is 1.79 bits per heavy atom. The number of Topliss-reactive ketones (excluding diaryl/α,β-unsaturated/α-hetero) is 1. The van der Waals surface area contributed by atoms with Crippen LogP contribution in [-0.2, 0) is 30.2 Å². The van der Waals surface area contributed by atoms with Crippen LogP contribution in [-0.4, -0.2) is 44.0 Å². The third kappa shape index (κ3) is 4.10. The highest BCUT2D eigenvalue weighted by Gasteiger charge is 2.61. The van der Waals surface area contributed by atoms with Crippen LogP contribution in [0.5, 0.6) is 5.75 Å². The van der Waals surface area contributed by atoms with E-state index in [1.54, 1.807) is 7.11 Å². The van der Waals surface area contributed by atoms with Crippen LogP contribution < -0.4 is 4.74 Å². The third-order valence-electron chi connectivity index (χ3n) is 11.8. The first-order chi connectivity index (χ1) is 18.6. The minimum absolute atomic E-state index is 0.00214. The van der Waals surface area contributed by atoms with Crippen molar-refractivity contribution in [3.8, 4) is 5.75 Å². The molecule has 39 heavy (non-hydrogen) atoms. The second kappa shape index (κ2) is 9.04. The molecule has 1 aliphatic heterocycles. The Bertz CT molecular complexity index is 1160. The lowest BCUT2D eigenvalue weighted by Crippen LogP contribution is -2.47. The number of methoxy groups -OCH3 is 1. The summed E-state index contributed by atoms with van der Waals surface area (Å²) in [5, 5.41) is 0. The first kappa shape index (κ1) is 26.0. The van der Waals surface area contributed by atoms with E-state index in [0.717, 1.165) is 37.9 Å². The lowest BCUT2D eigenvalue weighted by atomic mass is 9.55. The summed E-state index contributed by atoms with van der Waals surface area (Å²) in [5.41, 5.74) is 2.93. The largest absolute Gasteiger partial charge is 0.497 e. The van der Waals surface area contributed by atoms with Gasteiger partial charge in [0.15, 0.2) is 5.79 Å². The van der Waals surface area contributed by atoms with Crippen molar-refractivity contribution >= 4 is 11.8 Å². The van der Waals surface area contributed by atoms with Gasteiger partial charge in [-0.25, -0.2) is 0 Å². The maximum atomic E-state index is 13.7. The minimum Gasteiger partial charge on any atom is -0.497 e. The standard InChI is InChI=1S/C33H44O6/c1-31(2)17-37-33(38-18-31)15-20-14-27(34)29(25(20)16-33)30(35)39-28-10-9-26-24-7-5-19-13-21(36-4)6-8-22(19)23(24)11-12-32(26,28)3/h6,8,13,20,23-26,28-29H,5,7,9-12,14-18H2,1-4H3/t20-,23-,24-,25+,26+,28+,29-,32+/m1/s1. The number of carbonyl (C=O) groups is 2. The first-order valence-electron chi connectivity index (χ1n) is 15.3. The van der Waals surface area contributed by atoms with E-state index >= 15 is 0 Å². The molecule has 1 spiro atoms. The topological polar surface area (TPSA) is 71.1 Å². The van der Waals surface area contributed by atoms with E-state index in [-0.39, 0.29) is 40.5 Å². The summed E-state index contributed by atoms with van der Waals surface area (Å²) in [6.45, 7) is 7.95. The monoisotopic (exact) mass is 536 g/mol. The van der Waals surface area contributed by atoms with Crippen molar-refractivity contribution in [3.63, 3.8) is 0 Å². The summed E-state index contributed by atoms with van der Waals surface area (Å²) in [6.07, 6.45) is 8.17. The van der Waals surface area contributed by atoms with Gasteiger partial charge in [0.25, 0.3) is 0 Å². The highest BCUT2D eigenvalue weighted by molar-refractivity contribution is 6.01. The predicted molar refractivity (Wildman–Crippen MR) is 145 cm³/mol. The Hall–Kier alpha value is -1.92. The number of ketones is 1. The highest BCUT2D eigenvalue weighted by atomic mass is 16.7. The maximum absolute atomic E-state index is 13.7. The number of hydrogen-bond acceptors (Lipinski definition) is 6. The molecule has 0 bridgehead atoms. The van der Waals surface area contributed by atoms with Crippen molar-refractivity contribution in [1.82, 2.24) is 0 Å². The summed E-state index contributed by atoms with van der Waals surface area (Å²) in [7, 11) is 1.74. The van der Waals surface area contributed by atoms with Crippen molar-refractivity contribution in [2.24, 2.45) is 40.4 Å². The first-order valence-corrected chi connectivity index (χ1v) is 15.3. The fourth-order valence-corrected chi connectivity index (χ4v) is 9.72. The van der Waals surface area contributed by atoms with Crippen LogP contribution in [0, 0.1) is 40.4 Å². The number of hydrogen-bond donors (Lipinski definition) is 0. The van der Waals surface area contributed by atoms with Gasteiger partial charge in [-0.1, -0.05) is 26.8 Å². The molecule has 1 aromatic rings. The average molecular weight is 537 g/mol. The van der Waals surface area contributed by atoms with Gasteiger partial charge < -0.3 is 18.9 Å². The average Bonchev–Trinajstić information content (AvgIpc) is 3.53. The lowest BCUT2D eigenvalue weighted by molar-refractivity contribution is -0.297. The van der Waals surface area contributed by atoms with E-state index < -0.39 is 11.7 Å². The van der Waals surface area contributed by atoms with E-state index in [0.29, 0.717) is 50.2 Å². The molecule has 212 valence electrons. The van der Waals surface area contributed by atoms with Gasteiger partial charge in [-0.3, -0.25) is 9.59 Å². The second-order valence-electron chi connectivity index (χ2n) is 14.7. The van der Waals surface area contributed by atoms with Crippen molar-refractivity contribution in [2.75, 3.05) is 20.3 Å². The summed E-state index contributed by atoms with van der Waals surface area (Å²) >= 11 is 0. The summed E-state index contributed by atoms with van der Waals surface area (Å²) in [6, 6.07) is 6.62. The van der Waals surface area contributed by atoms with Gasteiger partial charge in [-0.05, 0) is 91.4 Å². The molecule has 1 saturated heterocycles. The van der Waals surface area contributed by atoms with Crippen molar-refractivity contribution in [3.05, 3.63) is 29.3 Å². The molecule has 6 heteroatoms. The molecule has 5 aliphatic carbocycles. The molecule has 6 nitrogen and oxygen atoms in total. The van der Waals surface area contributed by atoms with Gasteiger partial charge >= 0.3 is 5.97 Å². The number of aryl methyl sites for hydroxylation is 1. The van der Waals surface area contributed by atoms with Crippen LogP contribution in [0.4, 0.5) is 0 Å². The SMILES string of the molecule is COc1ccc2c(c1)CC[C@@H]1[C@@H]2CC[C@]2(C)[C@@H](OC(=O)[C@H]3C(=O)C[C@@H]4CC5(C[C@@H]43)OCC(C)(C)CO5)CC[C@@H]12. The number of fused-ring (bicyclic) bond motifs is 6.